The first-order valence-corrected chi connectivity index (χ1v) is 9.60. The van der Waals surface area contributed by atoms with E-state index in [1.54, 1.807) is 23.7 Å². The van der Waals surface area contributed by atoms with Crippen molar-refractivity contribution in [3.05, 3.63) is 52.5 Å². The molecule has 1 N–H and O–H groups in total. The topological polar surface area (TPSA) is 54.5 Å². The molecular formula is C19H23N3O2S. The second kappa shape index (κ2) is 7.23. The Morgan fingerprint density at radius 1 is 1.44 bits per heavy atom. The molecule has 0 radical (unpaired) electrons. The molecule has 0 unspecified atom stereocenters. The summed E-state index contributed by atoms with van der Waals surface area (Å²) in [5.41, 5.74) is 0.995. The van der Waals surface area contributed by atoms with Crippen molar-refractivity contribution in [2.45, 2.75) is 19.5 Å². The number of likely N-dealkylation sites (tertiary alicyclic amines) is 1. The molecule has 2 aromatic heterocycles. The first-order valence-electron chi connectivity index (χ1n) is 8.72. The molecule has 0 saturated carbocycles. The van der Waals surface area contributed by atoms with Crippen molar-refractivity contribution in [1.82, 2.24) is 15.2 Å². The third-order valence-corrected chi connectivity index (χ3v) is 6.14. The number of hydrogen-bond donors (Lipinski definition) is 1. The number of nitrogens with zero attached hydrogens (tertiary/aromatic N) is 2. The Balaban J connectivity index is 1.35. The van der Waals surface area contributed by atoms with Crippen LogP contribution in [0.25, 0.3) is 0 Å². The van der Waals surface area contributed by atoms with Gasteiger partial charge in [0.15, 0.2) is 0 Å². The number of ether oxygens (including phenoxy) is 1. The lowest BCUT2D eigenvalue weighted by Gasteiger charge is -2.26. The molecule has 0 spiro atoms. The maximum atomic E-state index is 12.5. The Bertz CT molecular complexity index is 707. The zero-order valence-corrected chi connectivity index (χ0v) is 15.0. The standard InChI is InChI=1S/C19H23N3O2S/c23-18(21-9-15-3-1-5-20-8-15)7-19-13-22(10-16(19)12-24-14-19)11-17-4-2-6-25-17/h1-6,8,16H,7,9-14H2,(H,21,23)/t16-,19+/m1/s1. The fourth-order valence-electron chi connectivity index (χ4n) is 4.02. The number of rotatable bonds is 6. The van der Waals surface area contributed by atoms with Gasteiger partial charge in [0.25, 0.3) is 0 Å². The number of pyridine rings is 1. The average Bonchev–Trinajstić information content (AvgIpc) is 3.31. The number of carbonyl (C=O) groups excluding carboxylic acids is 1. The third-order valence-electron chi connectivity index (χ3n) is 5.28. The minimum absolute atomic E-state index is 0.0315. The van der Waals surface area contributed by atoms with Crippen LogP contribution in [0.3, 0.4) is 0 Å². The number of hydrogen-bond acceptors (Lipinski definition) is 5. The molecule has 4 heterocycles. The van der Waals surface area contributed by atoms with Crippen molar-refractivity contribution >= 4 is 17.2 Å². The normalized spacial score (nSPS) is 25.8. The molecule has 0 aromatic carbocycles. The van der Waals surface area contributed by atoms with Crippen LogP contribution < -0.4 is 5.32 Å². The number of amides is 1. The Hall–Kier alpha value is -1.76. The van der Waals surface area contributed by atoms with Gasteiger partial charge in [-0.3, -0.25) is 14.7 Å². The van der Waals surface area contributed by atoms with E-state index in [9.17, 15) is 4.79 Å². The van der Waals surface area contributed by atoms with Crippen molar-refractivity contribution in [2.75, 3.05) is 26.3 Å². The largest absolute Gasteiger partial charge is 0.380 e. The van der Waals surface area contributed by atoms with Crippen molar-refractivity contribution in [2.24, 2.45) is 11.3 Å². The number of aromatic nitrogens is 1. The lowest BCUT2D eigenvalue weighted by Crippen LogP contribution is -2.37. The maximum Gasteiger partial charge on any atom is 0.220 e. The maximum absolute atomic E-state index is 12.5. The van der Waals surface area contributed by atoms with Gasteiger partial charge in [-0.2, -0.15) is 0 Å². The smallest absolute Gasteiger partial charge is 0.220 e. The summed E-state index contributed by atoms with van der Waals surface area (Å²) in [7, 11) is 0. The Morgan fingerprint density at radius 2 is 2.40 bits per heavy atom. The highest BCUT2D eigenvalue weighted by Gasteiger charge is 2.51. The molecule has 2 saturated heterocycles. The summed E-state index contributed by atoms with van der Waals surface area (Å²) < 4.78 is 5.75. The number of fused-ring (bicyclic) bond motifs is 1. The van der Waals surface area contributed by atoms with Crippen molar-refractivity contribution < 1.29 is 9.53 Å². The molecular weight excluding hydrogens is 334 g/mol. The van der Waals surface area contributed by atoms with E-state index in [-0.39, 0.29) is 11.3 Å². The number of nitrogens with one attached hydrogen (secondary N) is 1. The Morgan fingerprint density at radius 3 is 3.20 bits per heavy atom. The van der Waals surface area contributed by atoms with E-state index in [0.29, 0.717) is 25.5 Å². The molecule has 132 valence electrons. The zero-order chi connectivity index (χ0) is 17.1. The molecule has 2 aromatic rings. The zero-order valence-electron chi connectivity index (χ0n) is 14.2. The van der Waals surface area contributed by atoms with Crippen LogP contribution in [0.4, 0.5) is 0 Å². The van der Waals surface area contributed by atoms with E-state index < -0.39 is 0 Å². The minimum atomic E-state index is -0.0315. The van der Waals surface area contributed by atoms with Crippen LogP contribution in [0.2, 0.25) is 0 Å². The lowest BCUT2D eigenvalue weighted by atomic mass is 9.78. The van der Waals surface area contributed by atoms with Gasteiger partial charge in [-0.05, 0) is 23.1 Å². The Kier molecular flexibility index (Phi) is 4.83. The summed E-state index contributed by atoms with van der Waals surface area (Å²) in [6, 6.07) is 8.15. The van der Waals surface area contributed by atoms with Crippen LogP contribution in [0, 0.1) is 11.3 Å². The quantitative estimate of drug-likeness (QED) is 0.862. The van der Waals surface area contributed by atoms with Crippen LogP contribution in [0.15, 0.2) is 42.0 Å². The highest BCUT2D eigenvalue weighted by molar-refractivity contribution is 7.09. The predicted octanol–water partition coefficient (Wildman–Crippen LogP) is 2.30. The van der Waals surface area contributed by atoms with E-state index in [2.05, 4.69) is 32.7 Å². The average molecular weight is 357 g/mol. The molecule has 2 fully saturated rings. The molecule has 1 amide bonds. The van der Waals surface area contributed by atoms with E-state index >= 15 is 0 Å². The second-order valence-corrected chi connectivity index (χ2v) is 8.17. The fraction of sp³-hybridized carbons (Fsp3) is 0.474. The summed E-state index contributed by atoms with van der Waals surface area (Å²) in [5, 5.41) is 5.16. The van der Waals surface area contributed by atoms with Crippen LogP contribution in [0.1, 0.15) is 16.9 Å². The van der Waals surface area contributed by atoms with E-state index in [1.165, 1.54) is 4.88 Å². The summed E-state index contributed by atoms with van der Waals surface area (Å²) in [6.07, 6.45) is 4.07. The fourth-order valence-corrected chi connectivity index (χ4v) is 4.77. The molecule has 2 aliphatic heterocycles. The highest BCUT2D eigenvalue weighted by Crippen LogP contribution is 2.44. The molecule has 0 aliphatic carbocycles. The van der Waals surface area contributed by atoms with Crippen molar-refractivity contribution in [3.63, 3.8) is 0 Å². The summed E-state index contributed by atoms with van der Waals surface area (Å²) in [5.74, 6) is 0.564. The third kappa shape index (κ3) is 3.76. The molecule has 6 heteroatoms. The number of carbonyl (C=O) groups is 1. The molecule has 4 rings (SSSR count). The molecule has 25 heavy (non-hydrogen) atoms. The van der Waals surface area contributed by atoms with Gasteiger partial charge >= 0.3 is 0 Å². The summed E-state index contributed by atoms with van der Waals surface area (Å²) >= 11 is 1.80. The van der Waals surface area contributed by atoms with E-state index in [4.69, 9.17) is 4.74 Å². The van der Waals surface area contributed by atoms with Crippen molar-refractivity contribution in [3.8, 4) is 0 Å². The number of thiophene rings is 1. The Labute approximate surface area is 152 Å². The van der Waals surface area contributed by atoms with Crippen molar-refractivity contribution in [1.29, 1.82) is 0 Å². The molecule has 5 nitrogen and oxygen atoms in total. The van der Waals surface area contributed by atoms with Gasteiger partial charge in [-0.15, -0.1) is 11.3 Å². The molecule has 2 atom stereocenters. The second-order valence-electron chi connectivity index (χ2n) is 7.14. The van der Waals surface area contributed by atoms with Gasteiger partial charge in [-0.1, -0.05) is 12.1 Å². The van der Waals surface area contributed by atoms with Gasteiger partial charge < -0.3 is 10.1 Å². The first kappa shape index (κ1) is 16.7. The van der Waals surface area contributed by atoms with E-state index in [1.807, 2.05) is 12.1 Å². The predicted molar refractivity (Wildman–Crippen MR) is 97.0 cm³/mol. The van der Waals surface area contributed by atoms with Crippen LogP contribution in [0.5, 0.6) is 0 Å². The first-order chi connectivity index (χ1) is 12.2. The van der Waals surface area contributed by atoms with Gasteiger partial charge in [0.1, 0.15) is 0 Å². The van der Waals surface area contributed by atoms with Crippen LogP contribution in [-0.2, 0) is 22.6 Å². The van der Waals surface area contributed by atoms with Gasteiger partial charge in [0.2, 0.25) is 5.91 Å². The highest BCUT2D eigenvalue weighted by atomic mass is 32.1. The SMILES string of the molecule is O=C(C[C@]12COC[C@H]1CN(Cc1cccs1)C2)NCc1cccnc1. The molecule has 0 bridgehead atoms. The summed E-state index contributed by atoms with van der Waals surface area (Å²) in [4.78, 5) is 20.5. The summed E-state index contributed by atoms with van der Waals surface area (Å²) in [6.45, 7) is 4.94. The van der Waals surface area contributed by atoms with Gasteiger partial charge in [0, 0.05) is 61.2 Å². The van der Waals surface area contributed by atoms with Gasteiger partial charge in [-0.25, -0.2) is 0 Å². The van der Waals surface area contributed by atoms with Crippen LogP contribution in [-0.4, -0.2) is 42.1 Å². The lowest BCUT2D eigenvalue weighted by molar-refractivity contribution is -0.123. The molecule has 2 aliphatic rings. The minimum Gasteiger partial charge on any atom is -0.380 e. The van der Waals surface area contributed by atoms with Crippen LogP contribution >= 0.6 is 11.3 Å². The monoisotopic (exact) mass is 357 g/mol. The van der Waals surface area contributed by atoms with E-state index in [0.717, 1.165) is 31.8 Å². The van der Waals surface area contributed by atoms with Gasteiger partial charge in [0.05, 0.1) is 13.2 Å².